The number of benzene rings is 1. The smallest absolute Gasteiger partial charge is 0.274 e. The minimum atomic E-state index is -0.377. The Bertz CT molecular complexity index is 1050. The number of rotatable bonds is 3. The van der Waals surface area contributed by atoms with Gasteiger partial charge in [-0.25, -0.2) is 13.9 Å². The average molecular weight is 336 g/mol. The first-order chi connectivity index (χ1) is 12.1. The quantitative estimate of drug-likeness (QED) is 0.619. The van der Waals surface area contributed by atoms with Gasteiger partial charge in [0, 0.05) is 17.4 Å². The van der Waals surface area contributed by atoms with Crippen LogP contribution in [-0.4, -0.2) is 20.5 Å². The topological polar surface area (TPSA) is 72.4 Å². The van der Waals surface area contributed by atoms with Crippen LogP contribution in [0.5, 0.6) is 0 Å². The van der Waals surface area contributed by atoms with Crippen molar-refractivity contribution >= 4 is 17.2 Å². The maximum absolute atomic E-state index is 13.0. The molecule has 4 rings (SSSR count). The Kier molecular flexibility index (Phi) is 3.53. The van der Waals surface area contributed by atoms with Gasteiger partial charge in [-0.1, -0.05) is 0 Å². The van der Waals surface area contributed by atoms with Gasteiger partial charge in [-0.05, 0) is 49.4 Å². The molecule has 0 saturated heterocycles. The highest BCUT2D eigenvalue weighted by atomic mass is 19.1. The maximum Gasteiger partial charge on any atom is 0.274 e. The molecule has 1 aromatic carbocycles. The Morgan fingerprint density at radius 1 is 1.20 bits per heavy atom. The first-order valence-corrected chi connectivity index (χ1v) is 7.58. The summed E-state index contributed by atoms with van der Waals surface area (Å²) in [7, 11) is 0. The standard InChI is InChI=1S/C18H13FN4O2/c1-11-9-15(18(24)20-13-6-4-12(19)5-7-13)21-17-10-14(22-23(11)17)16-3-2-8-25-16/h2-10H,1H3,(H,20,24). The lowest BCUT2D eigenvalue weighted by atomic mass is 10.2. The molecule has 0 saturated carbocycles. The number of amides is 1. The van der Waals surface area contributed by atoms with Gasteiger partial charge in [0.15, 0.2) is 11.4 Å². The van der Waals surface area contributed by atoms with Crippen molar-refractivity contribution in [3.05, 3.63) is 72.0 Å². The van der Waals surface area contributed by atoms with Crippen LogP contribution in [0.4, 0.5) is 10.1 Å². The zero-order valence-corrected chi connectivity index (χ0v) is 13.2. The summed E-state index contributed by atoms with van der Waals surface area (Å²) in [6, 6.07) is 12.5. The summed E-state index contributed by atoms with van der Waals surface area (Å²) in [5.74, 6) is -0.113. The van der Waals surface area contributed by atoms with Crippen LogP contribution < -0.4 is 5.32 Å². The van der Waals surface area contributed by atoms with Crippen molar-refractivity contribution in [3.8, 4) is 11.5 Å². The minimum absolute atomic E-state index is 0.250. The Hall–Kier alpha value is -3.48. The molecule has 0 spiro atoms. The van der Waals surface area contributed by atoms with Crippen LogP contribution >= 0.6 is 0 Å². The lowest BCUT2D eigenvalue weighted by Gasteiger charge is -2.06. The van der Waals surface area contributed by atoms with Crippen LogP contribution in [0.15, 0.2) is 59.2 Å². The number of hydrogen-bond acceptors (Lipinski definition) is 4. The molecule has 1 amide bonds. The Labute approximate surface area is 141 Å². The largest absolute Gasteiger partial charge is 0.463 e. The molecule has 0 atom stereocenters. The highest BCUT2D eigenvalue weighted by Gasteiger charge is 2.14. The van der Waals surface area contributed by atoms with Crippen LogP contribution in [-0.2, 0) is 0 Å². The summed E-state index contributed by atoms with van der Waals surface area (Å²) < 4.78 is 19.9. The van der Waals surface area contributed by atoms with Gasteiger partial charge >= 0.3 is 0 Å². The van der Waals surface area contributed by atoms with Crippen LogP contribution in [0.25, 0.3) is 17.1 Å². The molecular weight excluding hydrogens is 323 g/mol. The Balaban J connectivity index is 1.67. The first kappa shape index (κ1) is 15.1. The molecule has 6 nitrogen and oxygen atoms in total. The first-order valence-electron chi connectivity index (χ1n) is 7.58. The van der Waals surface area contributed by atoms with E-state index in [9.17, 15) is 9.18 Å². The zero-order chi connectivity index (χ0) is 17.4. The van der Waals surface area contributed by atoms with E-state index in [-0.39, 0.29) is 17.4 Å². The number of anilines is 1. The van der Waals surface area contributed by atoms with Gasteiger partial charge in [-0.3, -0.25) is 4.79 Å². The fourth-order valence-electron chi connectivity index (χ4n) is 2.51. The van der Waals surface area contributed by atoms with E-state index in [1.807, 2.05) is 6.92 Å². The van der Waals surface area contributed by atoms with E-state index in [0.29, 0.717) is 22.8 Å². The summed E-state index contributed by atoms with van der Waals surface area (Å²) in [6.07, 6.45) is 1.57. The van der Waals surface area contributed by atoms with E-state index in [2.05, 4.69) is 15.4 Å². The van der Waals surface area contributed by atoms with Crippen molar-refractivity contribution in [1.29, 1.82) is 0 Å². The number of halogens is 1. The highest BCUT2D eigenvalue weighted by molar-refractivity contribution is 6.03. The second-order valence-electron chi connectivity index (χ2n) is 5.52. The van der Waals surface area contributed by atoms with Crippen LogP contribution in [0.2, 0.25) is 0 Å². The normalized spacial score (nSPS) is 11.0. The number of aryl methyl sites for hydroxylation is 1. The second-order valence-corrected chi connectivity index (χ2v) is 5.52. The molecule has 0 aliphatic heterocycles. The number of nitrogens with one attached hydrogen (secondary N) is 1. The fourth-order valence-corrected chi connectivity index (χ4v) is 2.51. The van der Waals surface area contributed by atoms with Crippen LogP contribution in [0, 0.1) is 12.7 Å². The predicted octanol–water partition coefficient (Wildman–Crippen LogP) is 3.69. The van der Waals surface area contributed by atoms with Crippen molar-refractivity contribution in [2.75, 3.05) is 5.32 Å². The SMILES string of the molecule is Cc1cc(C(=O)Nc2ccc(F)cc2)nc2cc(-c3ccco3)nn12. The molecule has 0 unspecified atom stereocenters. The van der Waals surface area contributed by atoms with E-state index in [1.54, 1.807) is 35.0 Å². The monoisotopic (exact) mass is 336 g/mol. The van der Waals surface area contributed by atoms with Gasteiger partial charge in [-0.2, -0.15) is 5.10 Å². The van der Waals surface area contributed by atoms with E-state index in [0.717, 1.165) is 5.69 Å². The molecule has 0 aliphatic carbocycles. The molecule has 0 aliphatic rings. The number of carbonyl (C=O) groups excluding carboxylic acids is 1. The van der Waals surface area contributed by atoms with Crippen molar-refractivity contribution < 1.29 is 13.6 Å². The van der Waals surface area contributed by atoms with Crippen molar-refractivity contribution in [1.82, 2.24) is 14.6 Å². The van der Waals surface area contributed by atoms with E-state index in [1.165, 1.54) is 24.3 Å². The number of nitrogens with zero attached hydrogens (tertiary/aromatic N) is 3. The maximum atomic E-state index is 13.0. The summed E-state index contributed by atoms with van der Waals surface area (Å²) in [5, 5.41) is 7.13. The summed E-state index contributed by atoms with van der Waals surface area (Å²) in [5.41, 5.74) is 2.68. The molecule has 0 bridgehead atoms. The molecule has 25 heavy (non-hydrogen) atoms. The number of aromatic nitrogens is 3. The van der Waals surface area contributed by atoms with Crippen molar-refractivity contribution in [2.24, 2.45) is 0 Å². The van der Waals surface area contributed by atoms with Crippen LogP contribution in [0.3, 0.4) is 0 Å². The van der Waals surface area contributed by atoms with E-state index < -0.39 is 0 Å². The third-order valence-electron chi connectivity index (χ3n) is 3.71. The van der Waals surface area contributed by atoms with Crippen molar-refractivity contribution in [3.63, 3.8) is 0 Å². The van der Waals surface area contributed by atoms with Gasteiger partial charge < -0.3 is 9.73 Å². The molecular formula is C18H13FN4O2. The fraction of sp³-hybridized carbons (Fsp3) is 0.0556. The Morgan fingerprint density at radius 3 is 2.72 bits per heavy atom. The lowest BCUT2D eigenvalue weighted by molar-refractivity contribution is 0.102. The summed E-state index contributed by atoms with van der Waals surface area (Å²) >= 11 is 0. The van der Waals surface area contributed by atoms with E-state index >= 15 is 0 Å². The highest BCUT2D eigenvalue weighted by Crippen LogP contribution is 2.20. The second kappa shape index (κ2) is 5.86. The third-order valence-corrected chi connectivity index (χ3v) is 3.71. The molecule has 3 heterocycles. The number of furan rings is 1. The Morgan fingerprint density at radius 2 is 2.00 bits per heavy atom. The van der Waals surface area contributed by atoms with Crippen molar-refractivity contribution in [2.45, 2.75) is 6.92 Å². The summed E-state index contributed by atoms with van der Waals surface area (Å²) in [4.78, 5) is 16.8. The molecule has 3 aromatic heterocycles. The molecule has 0 radical (unpaired) electrons. The van der Waals surface area contributed by atoms with E-state index in [4.69, 9.17) is 4.42 Å². The average Bonchev–Trinajstić information content (AvgIpc) is 3.25. The van der Waals surface area contributed by atoms with Gasteiger partial charge in [0.25, 0.3) is 5.91 Å². The molecule has 1 N–H and O–H groups in total. The summed E-state index contributed by atoms with van der Waals surface area (Å²) in [6.45, 7) is 1.84. The van der Waals surface area contributed by atoms with Gasteiger partial charge in [0.05, 0.1) is 6.26 Å². The number of hydrogen-bond donors (Lipinski definition) is 1. The zero-order valence-electron chi connectivity index (χ0n) is 13.2. The molecule has 124 valence electrons. The lowest BCUT2D eigenvalue weighted by Crippen LogP contribution is -2.15. The molecule has 7 heteroatoms. The van der Waals surface area contributed by atoms with Gasteiger partial charge in [0.1, 0.15) is 17.2 Å². The molecule has 4 aromatic rings. The van der Waals surface area contributed by atoms with Gasteiger partial charge in [-0.15, -0.1) is 0 Å². The predicted molar refractivity (Wildman–Crippen MR) is 89.8 cm³/mol. The van der Waals surface area contributed by atoms with Crippen LogP contribution in [0.1, 0.15) is 16.2 Å². The number of carbonyl (C=O) groups is 1. The minimum Gasteiger partial charge on any atom is -0.463 e. The van der Waals surface area contributed by atoms with Gasteiger partial charge in [0.2, 0.25) is 0 Å². The third kappa shape index (κ3) is 2.87. The molecule has 0 fully saturated rings. The number of fused-ring (bicyclic) bond motifs is 1.